The molecule has 0 bridgehead atoms. The van der Waals surface area contributed by atoms with E-state index < -0.39 is 5.56 Å². The molecule has 1 amide bonds. The van der Waals surface area contributed by atoms with E-state index in [-0.39, 0.29) is 30.3 Å². The first-order valence-electron chi connectivity index (χ1n) is 9.19. The van der Waals surface area contributed by atoms with Crippen LogP contribution in [0.25, 0.3) is 11.4 Å². The quantitative estimate of drug-likeness (QED) is 0.715. The van der Waals surface area contributed by atoms with Crippen LogP contribution in [0.1, 0.15) is 12.1 Å². The molecule has 1 saturated heterocycles. The Labute approximate surface area is 167 Å². The number of benzene rings is 1. The maximum Gasteiger partial charge on any atom is 0.273 e. The number of hydrogen-bond acceptors (Lipinski definition) is 8. The van der Waals surface area contributed by atoms with Crippen molar-refractivity contribution in [3.05, 3.63) is 28.2 Å². The minimum atomic E-state index is -0.390. The second kappa shape index (κ2) is 9.37. The van der Waals surface area contributed by atoms with Gasteiger partial charge in [-0.2, -0.15) is 0 Å². The van der Waals surface area contributed by atoms with Crippen molar-refractivity contribution in [2.24, 2.45) is 0 Å². The van der Waals surface area contributed by atoms with E-state index in [1.807, 2.05) is 0 Å². The Kier molecular flexibility index (Phi) is 6.65. The number of aromatic nitrogens is 3. The number of carbonyl (C=O) groups is 1. The van der Waals surface area contributed by atoms with Crippen LogP contribution in [-0.2, 0) is 16.0 Å². The summed E-state index contributed by atoms with van der Waals surface area (Å²) in [6.07, 6.45) is 0.412. The average molecular weight is 404 g/mol. The Balaban J connectivity index is 1.77. The lowest BCUT2D eigenvalue weighted by Crippen LogP contribution is -2.41. The van der Waals surface area contributed by atoms with Crippen LogP contribution in [0.2, 0.25) is 0 Å². The van der Waals surface area contributed by atoms with Gasteiger partial charge in [-0.3, -0.25) is 9.59 Å². The summed E-state index contributed by atoms with van der Waals surface area (Å²) in [5.74, 6) is 1.54. The van der Waals surface area contributed by atoms with Gasteiger partial charge in [0.25, 0.3) is 5.56 Å². The Hall–Kier alpha value is -3.14. The van der Waals surface area contributed by atoms with E-state index in [2.05, 4.69) is 15.2 Å². The third-order valence-electron chi connectivity index (χ3n) is 4.64. The lowest BCUT2D eigenvalue weighted by molar-refractivity contribution is -0.135. The highest BCUT2D eigenvalue weighted by molar-refractivity contribution is 5.76. The molecule has 29 heavy (non-hydrogen) atoms. The minimum Gasteiger partial charge on any atom is -0.493 e. The van der Waals surface area contributed by atoms with Gasteiger partial charge in [-0.05, 0) is 12.1 Å². The van der Waals surface area contributed by atoms with Crippen LogP contribution in [0.3, 0.4) is 0 Å². The van der Waals surface area contributed by atoms with Crippen LogP contribution in [-0.4, -0.2) is 73.6 Å². The summed E-state index contributed by atoms with van der Waals surface area (Å²) < 4.78 is 21.2. The van der Waals surface area contributed by atoms with Crippen molar-refractivity contribution in [1.82, 2.24) is 20.1 Å². The topological polar surface area (TPSA) is 116 Å². The first kappa shape index (κ1) is 20.6. The van der Waals surface area contributed by atoms with E-state index in [9.17, 15) is 9.59 Å². The Morgan fingerprint density at radius 1 is 1.10 bits per heavy atom. The lowest BCUT2D eigenvalue weighted by Gasteiger charge is -2.26. The first-order chi connectivity index (χ1) is 14.1. The van der Waals surface area contributed by atoms with Gasteiger partial charge < -0.3 is 28.8 Å². The number of aromatic amines is 1. The van der Waals surface area contributed by atoms with E-state index in [4.69, 9.17) is 18.9 Å². The molecule has 0 saturated carbocycles. The maximum atomic E-state index is 12.4. The second-order valence-electron chi connectivity index (χ2n) is 6.36. The van der Waals surface area contributed by atoms with Crippen molar-refractivity contribution >= 4 is 5.91 Å². The summed E-state index contributed by atoms with van der Waals surface area (Å²) in [4.78, 5) is 29.1. The Morgan fingerprint density at radius 2 is 1.76 bits per heavy atom. The summed E-state index contributed by atoms with van der Waals surface area (Å²) in [6, 6.07) is 3.34. The number of ether oxygens (including phenoxy) is 4. The third kappa shape index (κ3) is 4.65. The number of carbonyl (C=O) groups excluding carboxylic acids is 1. The van der Waals surface area contributed by atoms with E-state index in [1.54, 1.807) is 17.0 Å². The molecule has 1 fully saturated rings. The Bertz CT molecular complexity index is 898. The van der Waals surface area contributed by atoms with Crippen molar-refractivity contribution in [2.75, 3.05) is 47.6 Å². The molecule has 10 heteroatoms. The van der Waals surface area contributed by atoms with Crippen LogP contribution < -0.4 is 19.8 Å². The number of methoxy groups -OCH3 is 3. The van der Waals surface area contributed by atoms with Crippen LogP contribution in [0, 0.1) is 0 Å². The number of hydrogen-bond donors (Lipinski definition) is 1. The van der Waals surface area contributed by atoms with E-state index in [0.717, 1.165) is 0 Å². The van der Waals surface area contributed by atoms with Gasteiger partial charge in [0.05, 0.1) is 34.5 Å². The molecule has 0 spiro atoms. The normalized spacial score (nSPS) is 13.8. The highest BCUT2D eigenvalue weighted by Crippen LogP contribution is 2.40. The van der Waals surface area contributed by atoms with Gasteiger partial charge in [-0.1, -0.05) is 0 Å². The van der Waals surface area contributed by atoms with E-state index in [1.165, 1.54) is 21.3 Å². The minimum absolute atomic E-state index is 0.0248. The molecule has 0 aliphatic carbocycles. The Morgan fingerprint density at radius 3 is 2.31 bits per heavy atom. The molecule has 0 atom stereocenters. The highest BCUT2D eigenvalue weighted by atomic mass is 16.5. The van der Waals surface area contributed by atoms with Gasteiger partial charge in [0, 0.05) is 31.5 Å². The number of morpholine rings is 1. The molecule has 1 N–H and O–H groups in total. The molecule has 1 aromatic carbocycles. The van der Waals surface area contributed by atoms with Crippen molar-refractivity contribution in [3.8, 4) is 28.6 Å². The van der Waals surface area contributed by atoms with Gasteiger partial charge in [-0.25, -0.2) is 0 Å². The largest absolute Gasteiger partial charge is 0.493 e. The summed E-state index contributed by atoms with van der Waals surface area (Å²) in [5, 5.41) is 8.13. The number of H-pyrrole nitrogens is 1. The summed E-state index contributed by atoms with van der Waals surface area (Å²) in [6.45, 7) is 2.22. The standard InChI is InChI=1S/C19H24N4O6/c1-26-14-10-12(11-15(27-2)17(14)28-3)18-20-19(25)13(21-22-18)4-5-16(24)23-6-8-29-9-7-23/h10-11H,4-9H2,1-3H3,(H,20,22,25). The number of nitrogens with one attached hydrogen (secondary N) is 1. The molecule has 1 aliphatic heterocycles. The molecular formula is C19H24N4O6. The lowest BCUT2D eigenvalue weighted by atomic mass is 10.1. The number of amides is 1. The van der Waals surface area contributed by atoms with Crippen molar-refractivity contribution in [1.29, 1.82) is 0 Å². The van der Waals surface area contributed by atoms with Crippen LogP contribution in [0.15, 0.2) is 16.9 Å². The fourth-order valence-electron chi connectivity index (χ4n) is 3.07. The fraction of sp³-hybridized carbons (Fsp3) is 0.474. The van der Waals surface area contributed by atoms with E-state index in [0.29, 0.717) is 49.1 Å². The van der Waals surface area contributed by atoms with Gasteiger partial charge in [-0.15, -0.1) is 10.2 Å². The SMILES string of the molecule is COc1cc(-c2nnc(CCC(=O)N3CCOCC3)c(=O)[nH]2)cc(OC)c1OC. The number of rotatable bonds is 7. The maximum absolute atomic E-state index is 12.4. The number of nitrogens with zero attached hydrogens (tertiary/aromatic N) is 3. The van der Waals surface area contributed by atoms with Gasteiger partial charge >= 0.3 is 0 Å². The molecule has 10 nitrogen and oxygen atoms in total. The third-order valence-corrected chi connectivity index (χ3v) is 4.64. The van der Waals surface area contributed by atoms with Crippen LogP contribution in [0.5, 0.6) is 17.2 Å². The molecule has 0 radical (unpaired) electrons. The van der Waals surface area contributed by atoms with Crippen molar-refractivity contribution in [2.45, 2.75) is 12.8 Å². The van der Waals surface area contributed by atoms with Crippen molar-refractivity contribution in [3.63, 3.8) is 0 Å². The van der Waals surface area contributed by atoms with Crippen LogP contribution >= 0.6 is 0 Å². The summed E-state index contributed by atoms with van der Waals surface area (Å²) in [7, 11) is 4.52. The molecule has 0 unspecified atom stereocenters. The summed E-state index contributed by atoms with van der Waals surface area (Å²) >= 11 is 0. The molecule has 3 rings (SSSR count). The molecule has 156 valence electrons. The first-order valence-corrected chi connectivity index (χ1v) is 9.19. The van der Waals surface area contributed by atoms with Gasteiger partial charge in [0.1, 0.15) is 5.69 Å². The molecular weight excluding hydrogens is 380 g/mol. The van der Waals surface area contributed by atoms with Gasteiger partial charge in [0.15, 0.2) is 17.3 Å². The second-order valence-corrected chi connectivity index (χ2v) is 6.36. The highest BCUT2D eigenvalue weighted by Gasteiger charge is 2.19. The van der Waals surface area contributed by atoms with Gasteiger partial charge in [0.2, 0.25) is 11.7 Å². The monoisotopic (exact) mass is 404 g/mol. The average Bonchev–Trinajstić information content (AvgIpc) is 2.77. The predicted molar refractivity (Wildman–Crippen MR) is 103 cm³/mol. The number of aryl methyl sites for hydroxylation is 1. The zero-order valence-corrected chi connectivity index (χ0v) is 16.7. The predicted octanol–water partition coefficient (Wildman–Crippen LogP) is 0.649. The fourth-order valence-corrected chi connectivity index (χ4v) is 3.07. The summed E-state index contributed by atoms with van der Waals surface area (Å²) in [5.41, 5.74) is 0.376. The van der Waals surface area contributed by atoms with E-state index >= 15 is 0 Å². The zero-order chi connectivity index (χ0) is 20.8. The molecule has 1 aromatic heterocycles. The molecule has 1 aliphatic rings. The molecule has 2 heterocycles. The zero-order valence-electron chi connectivity index (χ0n) is 16.7. The smallest absolute Gasteiger partial charge is 0.273 e. The van der Waals surface area contributed by atoms with Crippen LogP contribution in [0.4, 0.5) is 0 Å². The van der Waals surface area contributed by atoms with Crippen molar-refractivity contribution < 1.29 is 23.7 Å². The molecule has 2 aromatic rings.